The largest absolute Gasteiger partial charge is 0.494 e. The molecule has 0 bridgehead atoms. The number of anilines is 3. The smallest absolute Gasteiger partial charge is 0.224 e. The molecule has 0 aliphatic heterocycles. The van der Waals surface area contributed by atoms with Gasteiger partial charge in [0, 0.05) is 34.4 Å². The highest BCUT2D eigenvalue weighted by Crippen LogP contribution is 2.26. The van der Waals surface area contributed by atoms with E-state index in [4.69, 9.17) is 16.3 Å². The van der Waals surface area contributed by atoms with Crippen LogP contribution in [-0.4, -0.2) is 22.5 Å². The molecule has 0 spiro atoms. The summed E-state index contributed by atoms with van der Waals surface area (Å²) in [6, 6.07) is 23.2. The second-order valence-electron chi connectivity index (χ2n) is 8.23. The van der Waals surface area contributed by atoms with Crippen LogP contribution in [0.15, 0.2) is 79.1 Å². The topological polar surface area (TPSA) is 76.1 Å². The first-order valence-corrected chi connectivity index (χ1v) is 11.8. The van der Waals surface area contributed by atoms with Crippen LogP contribution < -0.4 is 15.4 Å². The lowest BCUT2D eigenvalue weighted by Gasteiger charge is -2.11. The Balaban J connectivity index is 1.24. The zero-order valence-electron chi connectivity index (χ0n) is 19.7. The Labute approximate surface area is 210 Å². The van der Waals surface area contributed by atoms with Crippen LogP contribution in [0.3, 0.4) is 0 Å². The SMILES string of the molecule is Cc1cc(OCCCC(=O)Nc2ccc(Nc3cc(-c4ccccc4)ncn3)cc2)cc(C)c1Cl. The Morgan fingerprint density at radius 2 is 1.60 bits per heavy atom. The predicted octanol–water partition coefficient (Wildman–Crippen LogP) is 6.96. The minimum atomic E-state index is -0.0546. The van der Waals surface area contributed by atoms with Gasteiger partial charge in [0.2, 0.25) is 5.91 Å². The first-order chi connectivity index (χ1) is 17.0. The first kappa shape index (κ1) is 24.2. The van der Waals surface area contributed by atoms with Gasteiger partial charge in [0.25, 0.3) is 0 Å². The van der Waals surface area contributed by atoms with Crippen LogP contribution in [0.2, 0.25) is 5.02 Å². The van der Waals surface area contributed by atoms with Crippen LogP contribution in [0.25, 0.3) is 11.3 Å². The number of benzene rings is 3. The Hall–Kier alpha value is -3.90. The van der Waals surface area contributed by atoms with E-state index in [0.29, 0.717) is 25.3 Å². The second-order valence-corrected chi connectivity index (χ2v) is 8.61. The maximum absolute atomic E-state index is 12.3. The molecule has 0 fully saturated rings. The molecule has 1 amide bonds. The van der Waals surface area contributed by atoms with Crippen molar-refractivity contribution in [2.75, 3.05) is 17.2 Å². The number of carbonyl (C=O) groups is 1. The van der Waals surface area contributed by atoms with Gasteiger partial charge in [-0.1, -0.05) is 41.9 Å². The van der Waals surface area contributed by atoms with Gasteiger partial charge in [-0.2, -0.15) is 0 Å². The number of nitrogens with zero attached hydrogens (tertiary/aromatic N) is 2. The number of hydrogen-bond donors (Lipinski definition) is 2. The fraction of sp³-hybridized carbons (Fsp3) is 0.179. The van der Waals surface area contributed by atoms with Crippen LogP contribution >= 0.6 is 11.6 Å². The van der Waals surface area contributed by atoms with Gasteiger partial charge in [-0.15, -0.1) is 0 Å². The summed E-state index contributed by atoms with van der Waals surface area (Å²) in [5, 5.41) is 6.95. The van der Waals surface area contributed by atoms with Gasteiger partial charge in [0.05, 0.1) is 12.3 Å². The molecule has 0 aliphatic carbocycles. The van der Waals surface area contributed by atoms with E-state index in [2.05, 4.69) is 20.6 Å². The molecular formula is C28H27ClN4O2. The number of nitrogens with one attached hydrogen (secondary N) is 2. The lowest BCUT2D eigenvalue weighted by Crippen LogP contribution is -2.12. The van der Waals surface area contributed by atoms with Crippen LogP contribution in [0.4, 0.5) is 17.2 Å². The van der Waals surface area contributed by atoms with Crippen molar-refractivity contribution in [1.82, 2.24) is 9.97 Å². The van der Waals surface area contributed by atoms with Crippen molar-refractivity contribution in [2.45, 2.75) is 26.7 Å². The van der Waals surface area contributed by atoms with Crippen molar-refractivity contribution in [3.05, 3.63) is 95.3 Å². The van der Waals surface area contributed by atoms with E-state index in [1.807, 2.05) is 86.6 Å². The number of hydrogen-bond acceptors (Lipinski definition) is 5. The summed E-state index contributed by atoms with van der Waals surface area (Å²) in [6.07, 6.45) is 2.52. The third-order valence-electron chi connectivity index (χ3n) is 5.40. The Kier molecular flexibility index (Phi) is 7.95. The van der Waals surface area contributed by atoms with Crippen molar-refractivity contribution in [2.24, 2.45) is 0 Å². The molecule has 178 valence electrons. The van der Waals surface area contributed by atoms with Crippen LogP contribution in [0.1, 0.15) is 24.0 Å². The van der Waals surface area contributed by atoms with E-state index in [9.17, 15) is 4.79 Å². The highest BCUT2D eigenvalue weighted by molar-refractivity contribution is 6.32. The Morgan fingerprint density at radius 3 is 2.31 bits per heavy atom. The maximum Gasteiger partial charge on any atom is 0.224 e. The van der Waals surface area contributed by atoms with Crippen molar-refractivity contribution in [3.63, 3.8) is 0 Å². The molecule has 1 aromatic heterocycles. The highest BCUT2D eigenvalue weighted by atomic mass is 35.5. The summed E-state index contributed by atoms with van der Waals surface area (Å²) < 4.78 is 5.77. The number of ether oxygens (including phenoxy) is 1. The van der Waals surface area contributed by atoms with E-state index in [1.165, 1.54) is 6.33 Å². The third-order valence-corrected chi connectivity index (χ3v) is 6.00. The van der Waals surface area contributed by atoms with Crippen molar-refractivity contribution < 1.29 is 9.53 Å². The summed E-state index contributed by atoms with van der Waals surface area (Å²) in [5.41, 5.74) is 5.43. The lowest BCUT2D eigenvalue weighted by molar-refractivity contribution is -0.116. The molecule has 0 radical (unpaired) electrons. The lowest BCUT2D eigenvalue weighted by atomic mass is 10.1. The minimum absolute atomic E-state index is 0.0546. The fourth-order valence-corrected chi connectivity index (χ4v) is 3.72. The number of aromatic nitrogens is 2. The number of halogens is 1. The van der Waals surface area contributed by atoms with E-state index in [0.717, 1.165) is 44.5 Å². The van der Waals surface area contributed by atoms with Gasteiger partial charge in [-0.3, -0.25) is 4.79 Å². The van der Waals surface area contributed by atoms with Gasteiger partial charge < -0.3 is 15.4 Å². The van der Waals surface area contributed by atoms with Crippen LogP contribution in [0.5, 0.6) is 5.75 Å². The van der Waals surface area contributed by atoms with E-state index in [1.54, 1.807) is 0 Å². The van der Waals surface area contributed by atoms with Crippen molar-refractivity contribution in [3.8, 4) is 17.0 Å². The summed E-state index contributed by atoms with van der Waals surface area (Å²) >= 11 is 6.19. The maximum atomic E-state index is 12.3. The van der Waals surface area contributed by atoms with Gasteiger partial charge in [0.1, 0.15) is 17.9 Å². The average Bonchev–Trinajstić information content (AvgIpc) is 2.87. The number of carbonyl (C=O) groups excluding carboxylic acids is 1. The number of aryl methyl sites for hydroxylation is 2. The summed E-state index contributed by atoms with van der Waals surface area (Å²) in [4.78, 5) is 21.0. The molecule has 0 saturated carbocycles. The van der Waals surface area contributed by atoms with Gasteiger partial charge in [0.15, 0.2) is 0 Å². The Morgan fingerprint density at radius 1 is 0.914 bits per heavy atom. The second kappa shape index (κ2) is 11.5. The molecule has 1 heterocycles. The highest BCUT2D eigenvalue weighted by Gasteiger charge is 2.07. The molecule has 6 nitrogen and oxygen atoms in total. The minimum Gasteiger partial charge on any atom is -0.494 e. The summed E-state index contributed by atoms with van der Waals surface area (Å²) in [5.74, 6) is 1.41. The molecule has 7 heteroatoms. The normalized spacial score (nSPS) is 10.6. The molecular weight excluding hydrogens is 460 g/mol. The average molecular weight is 487 g/mol. The Bertz CT molecular complexity index is 1270. The van der Waals surface area contributed by atoms with Gasteiger partial charge in [-0.25, -0.2) is 9.97 Å². The molecule has 35 heavy (non-hydrogen) atoms. The molecule has 4 rings (SSSR count). The number of rotatable bonds is 9. The van der Waals surface area contributed by atoms with Crippen LogP contribution in [0, 0.1) is 13.8 Å². The van der Waals surface area contributed by atoms with Gasteiger partial charge in [-0.05, 0) is 67.8 Å². The molecule has 0 aliphatic rings. The van der Waals surface area contributed by atoms with Crippen molar-refractivity contribution in [1.29, 1.82) is 0 Å². The van der Waals surface area contributed by atoms with E-state index >= 15 is 0 Å². The molecule has 0 unspecified atom stereocenters. The quantitative estimate of drug-likeness (QED) is 0.250. The molecule has 0 atom stereocenters. The fourth-order valence-electron chi connectivity index (χ4n) is 3.61. The monoisotopic (exact) mass is 486 g/mol. The zero-order chi connectivity index (χ0) is 24.6. The third kappa shape index (κ3) is 6.80. The summed E-state index contributed by atoms with van der Waals surface area (Å²) in [6.45, 7) is 4.36. The van der Waals surface area contributed by atoms with E-state index < -0.39 is 0 Å². The van der Waals surface area contributed by atoms with Crippen LogP contribution in [-0.2, 0) is 4.79 Å². The first-order valence-electron chi connectivity index (χ1n) is 11.4. The summed E-state index contributed by atoms with van der Waals surface area (Å²) in [7, 11) is 0. The van der Waals surface area contributed by atoms with Crippen molar-refractivity contribution >= 4 is 34.7 Å². The zero-order valence-corrected chi connectivity index (χ0v) is 20.5. The molecule has 2 N–H and O–H groups in total. The van der Waals surface area contributed by atoms with E-state index in [-0.39, 0.29) is 5.91 Å². The van der Waals surface area contributed by atoms with Gasteiger partial charge >= 0.3 is 0 Å². The molecule has 3 aromatic carbocycles. The number of amides is 1. The standard InChI is InChI=1S/C28H27ClN4O2/c1-19-15-24(16-20(2)28(19)29)35-14-6-9-27(34)33-23-12-10-22(11-13-23)32-26-17-25(30-18-31-26)21-7-4-3-5-8-21/h3-5,7-8,10-13,15-18H,6,9,14H2,1-2H3,(H,33,34)(H,30,31,32). The molecule has 4 aromatic rings. The molecule has 0 saturated heterocycles. The predicted molar refractivity (Wildman–Crippen MR) is 141 cm³/mol.